The molecule has 21 heavy (non-hydrogen) atoms. The lowest BCUT2D eigenvalue weighted by molar-refractivity contribution is -0.159. The molecule has 1 N–H and O–H groups in total. The Kier molecular flexibility index (Phi) is 6.47. The van der Waals surface area contributed by atoms with Gasteiger partial charge in [0.2, 0.25) is 0 Å². The summed E-state index contributed by atoms with van der Waals surface area (Å²) in [5.74, 6) is 0. The molecule has 0 atom stereocenters. The highest BCUT2D eigenvalue weighted by Crippen LogP contribution is 2.15. The minimum atomic E-state index is -4.54. The summed E-state index contributed by atoms with van der Waals surface area (Å²) in [7, 11) is 0. The number of rotatable bonds is 7. The third kappa shape index (κ3) is 6.98. The van der Waals surface area contributed by atoms with Crippen molar-refractivity contribution in [1.29, 1.82) is 0 Å². The first-order valence-corrected chi connectivity index (χ1v) is 6.59. The molecule has 1 heterocycles. The molecule has 0 aliphatic carbocycles. The van der Waals surface area contributed by atoms with Crippen LogP contribution in [0.1, 0.15) is 13.8 Å². The Morgan fingerprint density at radius 3 is 2.67 bits per heavy atom. The first-order chi connectivity index (χ1) is 9.84. The summed E-state index contributed by atoms with van der Waals surface area (Å²) in [6, 6.07) is 0. The standard InChI is InChI=1S/C12H19F3N4O2/c1-3-18(4-2)5-6-19-8-10(7-16-19)17-11(20)21-9-12(13,14)15/h7-8H,3-6,9H2,1-2H3,(H,17,20). The molecule has 0 aliphatic heterocycles. The highest BCUT2D eigenvalue weighted by atomic mass is 19.4. The zero-order valence-corrected chi connectivity index (χ0v) is 12.0. The smallest absolute Gasteiger partial charge is 0.422 e. The van der Waals surface area contributed by atoms with Crippen LogP contribution >= 0.6 is 0 Å². The van der Waals surface area contributed by atoms with Gasteiger partial charge in [-0.15, -0.1) is 0 Å². The SMILES string of the molecule is CCN(CC)CCn1cc(NC(=O)OCC(F)(F)F)cn1. The van der Waals surface area contributed by atoms with Gasteiger partial charge in [-0.25, -0.2) is 4.79 Å². The Hall–Kier alpha value is -1.77. The van der Waals surface area contributed by atoms with Crippen molar-refractivity contribution in [3.63, 3.8) is 0 Å². The second-order valence-corrected chi connectivity index (χ2v) is 4.34. The van der Waals surface area contributed by atoms with Gasteiger partial charge in [0.05, 0.1) is 18.4 Å². The van der Waals surface area contributed by atoms with Crippen LogP contribution in [-0.4, -0.2) is 53.2 Å². The van der Waals surface area contributed by atoms with E-state index in [1.807, 2.05) is 0 Å². The van der Waals surface area contributed by atoms with Crippen LogP contribution in [0.5, 0.6) is 0 Å². The number of likely N-dealkylation sites (N-methyl/N-ethyl adjacent to an activating group) is 1. The number of nitrogens with zero attached hydrogens (tertiary/aromatic N) is 3. The molecular formula is C12H19F3N4O2. The fourth-order valence-electron chi connectivity index (χ4n) is 1.64. The largest absolute Gasteiger partial charge is 0.440 e. The molecule has 6 nitrogen and oxygen atoms in total. The summed E-state index contributed by atoms with van der Waals surface area (Å²) in [4.78, 5) is 13.3. The number of amides is 1. The minimum absolute atomic E-state index is 0.293. The number of nitrogens with one attached hydrogen (secondary N) is 1. The normalized spacial score (nSPS) is 11.7. The lowest BCUT2D eigenvalue weighted by Crippen LogP contribution is -2.27. The Balaban J connectivity index is 2.39. The predicted octanol–water partition coefficient (Wildman–Crippen LogP) is 2.34. The molecule has 0 aliphatic rings. The van der Waals surface area contributed by atoms with E-state index < -0.39 is 18.9 Å². The molecule has 0 fully saturated rings. The van der Waals surface area contributed by atoms with Crippen molar-refractivity contribution in [3.8, 4) is 0 Å². The Morgan fingerprint density at radius 1 is 1.43 bits per heavy atom. The van der Waals surface area contributed by atoms with Gasteiger partial charge in [-0.1, -0.05) is 13.8 Å². The molecule has 0 bridgehead atoms. The molecule has 0 aromatic carbocycles. The molecule has 120 valence electrons. The third-order valence-corrected chi connectivity index (χ3v) is 2.79. The molecule has 1 aromatic heterocycles. The maximum absolute atomic E-state index is 11.9. The van der Waals surface area contributed by atoms with E-state index in [0.29, 0.717) is 12.2 Å². The second kappa shape index (κ2) is 7.87. The van der Waals surface area contributed by atoms with Gasteiger partial charge < -0.3 is 9.64 Å². The summed E-state index contributed by atoms with van der Waals surface area (Å²) in [6.07, 6.45) is -2.80. The molecule has 0 radical (unpaired) electrons. The van der Waals surface area contributed by atoms with Crippen LogP contribution in [0.15, 0.2) is 12.4 Å². The molecule has 1 aromatic rings. The van der Waals surface area contributed by atoms with Gasteiger partial charge in [-0.2, -0.15) is 18.3 Å². The summed E-state index contributed by atoms with van der Waals surface area (Å²) < 4.78 is 41.3. The molecule has 9 heteroatoms. The fraction of sp³-hybridized carbons (Fsp3) is 0.667. The van der Waals surface area contributed by atoms with Crippen LogP contribution in [0.4, 0.5) is 23.7 Å². The number of aromatic nitrogens is 2. The Labute approximate surface area is 120 Å². The van der Waals surface area contributed by atoms with Crippen molar-refractivity contribution in [2.45, 2.75) is 26.6 Å². The zero-order chi connectivity index (χ0) is 15.9. The topological polar surface area (TPSA) is 59.4 Å². The predicted molar refractivity (Wildman–Crippen MR) is 71.0 cm³/mol. The molecular weight excluding hydrogens is 289 g/mol. The van der Waals surface area contributed by atoms with Gasteiger partial charge in [0.1, 0.15) is 0 Å². The van der Waals surface area contributed by atoms with Crippen molar-refractivity contribution in [1.82, 2.24) is 14.7 Å². The highest BCUT2D eigenvalue weighted by molar-refractivity contribution is 5.84. The van der Waals surface area contributed by atoms with E-state index in [4.69, 9.17) is 0 Å². The highest BCUT2D eigenvalue weighted by Gasteiger charge is 2.29. The molecule has 0 spiro atoms. The van der Waals surface area contributed by atoms with Gasteiger partial charge in [-0.05, 0) is 13.1 Å². The Morgan fingerprint density at radius 2 is 2.10 bits per heavy atom. The number of hydrogen-bond donors (Lipinski definition) is 1. The summed E-state index contributed by atoms with van der Waals surface area (Å²) in [5, 5.41) is 6.21. The fourth-order valence-corrected chi connectivity index (χ4v) is 1.64. The molecule has 0 saturated heterocycles. The average molecular weight is 308 g/mol. The van der Waals surface area contributed by atoms with Gasteiger partial charge in [0.15, 0.2) is 6.61 Å². The van der Waals surface area contributed by atoms with Crippen molar-refractivity contribution < 1.29 is 22.7 Å². The average Bonchev–Trinajstić information content (AvgIpc) is 2.84. The molecule has 0 unspecified atom stereocenters. The number of ether oxygens (including phenoxy) is 1. The van der Waals surface area contributed by atoms with Crippen molar-refractivity contribution >= 4 is 11.8 Å². The van der Waals surface area contributed by atoms with E-state index in [1.165, 1.54) is 6.20 Å². The quantitative estimate of drug-likeness (QED) is 0.840. The Bertz CT molecular complexity index is 444. The molecule has 1 amide bonds. The number of carbonyl (C=O) groups is 1. The number of carbonyl (C=O) groups excluding carboxylic acids is 1. The lowest BCUT2D eigenvalue weighted by atomic mass is 10.4. The van der Waals surface area contributed by atoms with Crippen LogP contribution in [0, 0.1) is 0 Å². The van der Waals surface area contributed by atoms with Gasteiger partial charge in [0, 0.05) is 12.7 Å². The van der Waals surface area contributed by atoms with E-state index in [1.54, 1.807) is 10.9 Å². The van der Waals surface area contributed by atoms with Crippen LogP contribution < -0.4 is 5.32 Å². The van der Waals surface area contributed by atoms with Gasteiger partial charge in [0.25, 0.3) is 0 Å². The minimum Gasteiger partial charge on any atom is -0.440 e. The van der Waals surface area contributed by atoms with E-state index in [9.17, 15) is 18.0 Å². The maximum Gasteiger partial charge on any atom is 0.422 e. The van der Waals surface area contributed by atoms with Gasteiger partial charge in [-0.3, -0.25) is 10.00 Å². The van der Waals surface area contributed by atoms with Crippen molar-refractivity contribution in [3.05, 3.63) is 12.4 Å². The first kappa shape index (κ1) is 17.3. The van der Waals surface area contributed by atoms with E-state index in [0.717, 1.165) is 19.6 Å². The van der Waals surface area contributed by atoms with Crippen molar-refractivity contribution in [2.24, 2.45) is 0 Å². The van der Waals surface area contributed by atoms with Crippen LogP contribution in [0.25, 0.3) is 0 Å². The van der Waals surface area contributed by atoms with E-state index in [-0.39, 0.29) is 0 Å². The summed E-state index contributed by atoms with van der Waals surface area (Å²) in [5.41, 5.74) is 0.293. The molecule has 0 saturated carbocycles. The van der Waals surface area contributed by atoms with Crippen LogP contribution in [0.3, 0.4) is 0 Å². The third-order valence-electron chi connectivity index (χ3n) is 2.79. The first-order valence-electron chi connectivity index (χ1n) is 6.59. The second-order valence-electron chi connectivity index (χ2n) is 4.34. The van der Waals surface area contributed by atoms with Crippen LogP contribution in [-0.2, 0) is 11.3 Å². The maximum atomic E-state index is 11.9. The zero-order valence-electron chi connectivity index (χ0n) is 12.0. The van der Waals surface area contributed by atoms with Crippen LogP contribution in [0.2, 0.25) is 0 Å². The monoisotopic (exact) mass is 308 g/mol. The number of hydrogen-bond acceptors (Lipinski definition) is 4. The van der Waals surface area contributed by atoms with E-state index >= 15 is 0 Å². The number of halogens is 3. The summed E-state index contributed by atoms with van der Waals surface area (Å²) in [6.45, 7) is 5.76. The lowest BCUT2D eigenvalue weighted by Gasteiger charge is -2.17. The van der Waals surface area contributed by atoms with Crippen molar-refractivity contribution in [2.75, 3.05) is 31.6 Å². The van der Waals surface area contributed by atoms with Gasteiger partial charge >= 0.3 is 12.3 Å². The molecule has 1 rings (SSSR count). The number of alkyl halides is 3. The summed E-state index contributed by atoms with van der Waals surface area (Å²) >= 11 is 0. The number of anilines is 1. The van der Waals surface area contributed by atoms with E-state index in [2.05, 4.69) is 33.9 Å².